The number of carboxylic acid groups (broad SMARTS) is 1. The number of rotatable bonds is 4. The Balaban J connectivity index is 1.69. The highest BCUT2D eigenvalue weighted by atomic mass is 16.4. The molecule has 1 amide bonds. The molecule has 0 bridgehead atoms. The van der Waals surface area contributed by atoms with Gasteiger partial charge in [-0.15, -0.1) is 0 Å². The first-order valence-electron chi connectivity index (χ1n) is 7.52. The van der Waals surface area contributed by atoms with Gasteiger partial charge in [-0.2, -0.15) is 0 Å². The molecule has 2 aromatic rings. The van der Waals surface area contributed by atoms with E-state index in [1.54, 1.807) is 12.4 Å². The van der Waals surface area contributed by atoms with E-state index >= 15 is 0 Å². The number of hydrogen-bond acceptors (Lipinski definition) is 4. The summed E-state index contributed by atoms with van der Waals surface area (Å²) in [6.07, 6.45) is 6.44. The molecule has 1 saturated heterocycles. The Morgan fingerprint density at radius 1 is 1.13 bits per heavy atom. The van der Waals surface area contributed by atoms with Crippen molar-refractivity contribution in [3.05, 3.63) is 48.5 Å². The number of carbonyl (C=O) groups is 2. The topological polar surface area (TPSA) is 83.4 Å². The summed E-state index contributed by atoms with van der Waals surface area (Å²) in [6, 6.07) is 6.92. The fourth-order valence-corrected chi connectivity index (χ4v) is 2.86. The largest absolute Gasteiger partial charge is 0.480 e. The van der Waals surface area contributed by atoms with Crippen molar-refractivity contribution in [1.29, 1.82) is 0 Å². The molecule has 1 aromatic heterocycles. The SMILES string of the molecule is O=C(O)[C@H]1CCCN1C(=O)Cc1ccc(-c2cncnc2)cc1. The Labute approximate surface area is 133 Å². The van der Waals surface area contributed by atoms with Crippen LogP contribution in [0.5, 0.6) is 0 Å². The van der Waals surface area contributed by atoms with E-state index in [-0.39, 0.29) is 12.3 Å². The van der Waals surface area contributed by atoms with E-state index in [0.29, 0.717) is 13.0 Å². The number of nitrogens with zero attached hydrogens (tertiary/aromatic N) is 3. The molecule has 0 unspecified atom stereocenters. The highest BCUT2D eigenvalue weighted by Gasteiger charge is 2.33. The molecule has 0 spiro atoms. The maximum absolute atomic E-state index is 12.3. The average Bonchev–Trinajstić information content (AvgIpc) is 3.06. The number of carbonyl (C=O) groups excluding carboxylic acids is 1. The van der Waals surface area contributed by atoms with Gasteiger partial charge in [0.1, 0.15) is 12.4 Å². The third-order valence-electron chi connectivity index (χ3n) is 4.06. The van der Waals surface area contributed by atoms with Crippen LogP contribution in [-0.2, 0) is 16.0 Å². The van der Waals surface area contributed by atoms with Gasteiger partial charge in [-0.25, -0.2) is 14.8 Å². The summed E-state index contributed by atoms with van der Waals surface area (Å²) in [7, 11) is 0. The summed E-state index contributed by atoms with van der Waals surface area (Å²) in [5, 5.41) is 9.16. The lowest BCUT2D eigenvalue weighted by Crippen LogP contribution is -2.41. The molecule has 1 aliphatic heterocycles. The fraction of sp³-hybridized carbons (Fsp3) is 0.294. The first kappa shape index (κ1) is 15.1. The van der Waals surface area contributed by atoms with Crippen LogP contribution in [0.15, 0.2) is 43.0 Å². The van der Waals surface area contributed by atoms with E-state index in [4.69, 9.17) is 5.11 Å². The Morgan fingerprint density at radius 3 is 2.48 bits per heavy atom. The summed E-state index contributed by atoms with van der Waals surface area (Å²) in [6.45, 7) is 0.523. The second kappa shape index (κ2) is 6.56. The molecule has 3 rings (SSSR count). The number of likely N-dealkylation sites (tertiary alicyclic amines) is 1. The Morgan fingerprint density at radius 2 is 1.83 bits per heavy atom. The number of carboxylic acids is 1. The summed E-state index contributed by atoms with van der Waals surface area (Å²) in [5.74, 6) is -1.05. The first-order chi connectivity index (χ1) is 11.1. The Kier molecular flexibility index (Phi) is 4.32. The second-order valence-corrected chi connectivity index (χ2v) is 5.58. The maximum Gasteiger partial charge on any atom is 0.326 e. The number of benzene rings is 1. The van der Waals surface area contributed by atoms with Gasteiger partial charge in [-0.3, -0.25) is 4.79 Å². The molecule has 0 radical (unpaired) electrons. The zero-order valence-corrected chi connectivity index (χ0v) is 12.6. The number of aliphatic carboxylic acids is 1. The van der Waals surface area contributed by atoms with E-state index < -0.39 is 12.0 Å². The van der Waals surface area contributed by atoms with Crippen molar-refractivity contribution in [2.45, 2.75) is 25.3 Å². The summed E-state index contributed by atoms with van der Waals surface area (Å²) in [5.41, 5.74) is 2.76. The molecule has 1 fully saturated rings. The molecule has 1 aliphatic rings. The van der Waals surface area contributed by atoms with Crippen molar-refractivity contribution < 1.29 is 14.7 Å². The minimum absolute atomic E-state index is 0.134. The fourth-order valence-electron chi connectivity index (χ4n) is 2.86. The lowest BCUT2D eigenvalue weighted by Gasteiger charge is -2.21. The van der Waals surface area contributed by atoms with Crippen LogP contribution in [0.1, 0.15) is 18.4 Å². The molecular formula is C17H17N3O3. The lowest BCUT2D eigenvalue weighted by atomic mass is 10.0. The molecule has 1 atom stereocenters. The van der Waals surface area contributed by atoms with Gasteiger partial charge in [-0.05, 0) is 24.0 Å². The Bertz CT molecular complexity index is 701. The van der Waals surface area contributed by atoms with Gasteiger partial charge in [0.2, 0.25) is 5.91 Å². The molecule has 1 aromatic carbocycles. The van der Waals surface area contributed by atoms with Crippen LogP contribution < -0.4 is 0 Å². The van der Waals surface area contributed by atoms with Crippen LogP contribution in [0.2, 0.25) is 0 Å². The quantitative estimate of drug-likeness (QED) is 0.930. The molecule has 6 heteroatoms. The van der Waals surface area contributed by atoms with Crippen LogP contribution in [0.4, 0.5) is 0 Å². The van der Waals surface area contributed by atoms with Gasteiger partial charge in [0.05, 0.1) is 6.42 Å². The monoisotopic (exact) mass is 311 g/mol. The van der Waals surface area contributed by atoms with Crippen molar-refractivity contribution in [1.82, 2.24) is 14.9 Å². The van der Waals surface area contributed by atoms with Crippen molar-refractivity contribution in [2.24, 2.45) is 0 Å². The lowest BCUT2D eigenvalue weighted by molar-refractivity contribution is -0.148. The number of hydrogen-bond donors (Lipinski definition) is 1. The van der Waals surface area contributed by atoms with Gasteiger partial charge in [-0.1, -0.05) is 24.3 Å². The van der Waals surface area contributed by atoms with Crippen LogP contribution in [-0.4, -0.2) is 44.4 Å². The van der Waals surface area contributed by atoms with Gasteiger partial charge in [0.15, 0.2) is 0 Å². The van der Waals surface area contributed by atoms with Crippen molar-refractivity contribution in [3.63, 3.8) is 0 Å². The minimum atomic E-state index is -0.921. The highest BCUT2D eigenvalue weighted by molar-refractivity contribution is 5.85. The third kappa shape index (κ3) is 3.36. The van der Waals surface area contributed by atoms with E-state index in [2.05, 4.69) is 9.97 Å². The first-order valence-corrected chi connectivity index (χ1v) is 7.52. The van der Waals surface area contributed by atoms with Gasteiger partial charge >= 0.3 is 5.97 Å². The van der Waals surface area contributed by atoms with E-state index in [1.165, 1.54) is 11.2 Å². The van der Waals surface area contributed by atoms with Crippen molar-refractivity contribution in [3.8, 4) is 11.1 Å². The second-order valence-electron chi connectivity index (χ2n) is 5.58. The molecule has 0 aliphatic carbocycles. The van der Waals surface area contributed by atoms with Crippen molar-refractivity contribution in [2.75, 3.05) is 6.54 Å². The normalized spacial score (nSPS) is 17.2. The van der Waals surface area contributed by atoms with Crippen LogP contribution >= 0.6 is 0 Å². The molecule has 118 valence electrons. The van der Waals surface area contributed by atoms with Crippen LogP contribution in [0.25, 0.3) is 11.1 Å². The molecule has 6 nitrogen and oxygen atoms in total. The van der Waals surface area contributed by atoms with E-state index in [0.717, 1.165) is 23.1 Å². The third-order valence-corrected chi connectivity index (χ3v) is 4.06. The summed E-state index contributed by atoms with van der Waals surface area (Å²) >= 11 is 0. The zero-order chi connectivity index (χ0) is 16.2. The zero-order valence-electron chi connectivity index (χ0n) is 12.6. The van der Waals surface area contributed by atoms with Crippen molar-refractivity contribution >= 4 is 11.9 Å². The summed E-state index contributed by atoms with van der Waals surface area (Å²) < 4.78 is 0. The molecule has 2 heterocycles. The van der Waals surface area contributed by atoms with Crippen LogP contribution in [0.3, 0.4) is 0 Å². The maximum atomic E-state index is 12.3. The van der Waals surface area contributed by atoms with E-state index in [9.17, 15) is 9.59 Å². The predicted molar refractivity (Wildman–Crippen MR) is 83.5 cm³/mol. The molecule has 23 heavy (non-hydrogen) atoms. The Hall–Kier alpha value is -2.76. The molecule has 1 N–H and O–H groups in total. The van der Waals surface area contributed by atoms with Gasteiger partial charge in [0.25, 0.3) is 0 Å². The molecular weight excluding hydrogens is 294 g/mol. The number of amides is 1. The minimum Gasteiger partial charge on any atom is -0.480 e. The number of aromatic nitrogens is 2. The standard InChI is InChI=1S/C17H17N3O3/c21-16(20-7-1-2-15(20)17(22)23)8-12-3-5-13(6-4-12)14-9-18-11-19-10-14/h3-6,9-11,15H,1-2,7-8H2,(H,22,23)/t15-/m1/s1. The summed E-state index contributed by atoms with van der Waals surface area (Å²) in [4.78, 5) is 32.9. The van der Waals surface area contributed by atoms with Crippen LogP contribution in [0, 0.1) is 0 Å². The smallest absolute Gasteiger partial charge is 0.326 e. The molecule has 0 saturated carbocycles. The average molecular weight is 311 g/mol. The predicted octanol–water partition coefficient (Wildman–Crippen LogP) is 1.76. The highest BCUT2D eigenvalue weighted by Crippen LogP contribution is 2.21. The van der Waals surface area contributed by atoms with E-state index in [1.807, 2.05) is 24.3 Å². The van der Waals surface area contributed by atoms with Gasteiger partial charge < -0.3 is 10.0 Å². The van der Waals surface area contributed by atoms with Gasteiger partial charge in [0, 0.05) is 24.5 Å².